The van der Waals surface area contributed by atoms with Crippen molar-refractivity contribution in [1.82, 2.24) is 0 Å². The zero-order valence-electron chi connectivity index (χ0n) is 11.5. The van der Waals surface area contributed by atoms with E-state index >= 15 is 0 Å². The first kappa shape index (κ1) is 13.8. The van der Waals surface area contributed by atoms with Crippen LogP contribution in [0.5, 0.6) is 0 Å². The molecule has 2 aromatic rings. The van der Waals surface area contributed by atoms with Gasteiger partial charge in [0.2, 0.25) is 0 Å². The highest BCUT2D eigenvalue weighted by atomic mass is 35.5. The average Bonchev–Trinajstić information content (AvgIpc) is 2.40. The molecule has 2 amide bonds. The van der Waals surface area contributed by atoms with E-state index in [0.29, 0.717) is 10.7 Å². The van der Waals surface area contributed by atoms with Crippen LogP contribution in [0.2, 0.25) is 5.02 Å². The molecule has 0 aliphatic carbocycles. The fraction of sp³-hybridized carbons (Fsp3) is 0.188. The molecule has 21 heavy (non-hydrogen) atoms. The van der Waals surface area contributed by atoms with Crippen LogP contribution in [0.3, 0.4) is 0 Å². The first-order chi connectivity index (χ1) is 10.2. The van der Waals surface area contributed by atoms with Gasteiger partial charge in [0.15, 0.2) is 0 Å². The number of urea groups is 1. The van der Waals surface area contributed by atoms with Crippen molar-refractivity contribution >= 4 is 34.7 Å². The summed E-state index contributed by atoms with van der Waals surface area (Å²) in [6, 6.07) is 14.6. The summed E-state index contributed by atoms with van der Waals surface area (Å²) in [6.07, 6.45) is 1.23. The summed E-state index contributed by atoms with van der Waals surface area (Å²) in [7, 11) is 0. The van der Waals surface area contributed by atoms with Crippen molar-refractivity contribution in [3.05, 3.63) is 53.6 Å². The Kier molecular flexibility index (Phi) is 3.97. The highest BCUT2D eigenvalue weighted by Gasteiger charge is 2.14. The second kappa shape index (κ2) is 6.06. The summed E-state index contributed by atoms with van der Waals surface area (Å²) in [6.45, 7) is 2.17. The molecule has 108 valence electrons. The SMILES string of the molecule is O=C(Nc1ccc(Cl)cc1)Nc1cccc(N2CCC2)c1. The smallest absolute Gasteiger partial charge is 0.323 e. The van der Waals surface area contributed by atoms with E-state index in [1.807, 2.05) is 18.2 Å². The molecule has 1 aliphatic heterocycles. The van der Waals surface area contributed by atoms with E-state index in [2.05, 4.69) is 21.6 Å². The number of nitrogens with one attached hydrogen (secondary N) is 2. The number of rotatable bonds is 3. The third-order valence-corrected chi connectivity index (χ3v) is 3.68. The molecule has 3 rings (SSSR count). The average molecular weight is 302 g/mol. The third-order valence-electron chi connectivity index (χ3n) is 3.43. The standard InChI is InChI=1S/C16H16ClN3O/c17-12-5-7-13(8-6-12)18-16(21)19-14-3-1-4-15(11-14)20-9-2-10-20/h1,3-8,11H,2,9-10H2,(H2,18,19,21). The van der Waals surface area contributed by atoms with E-state index in [9.17, 15) is 4.79 Å². The van der Waals surface area contributed by atoms with Gasteiger partial charge in [-0.05, 0) is 48.9 Å². The van der Waals surface area contributed by atoms with E-state index in [4.69, 9.17) is 11.6 Å². The first-order valence-electron chi connectivity index (χ1n) is 6.89. The molecular weight excluding hydrogens is 286 g/mol. The molecule has 1 saturated heterocycles. The summed E-state index contributed by atoms with van der Waals surface area (Å²) in [5.74, 6) is 0. The molecule has 0 saturated carbocycles. The van der Waals surface area contributed by atoms with Gasteiger partial charge in [-0.1, -0.05) is 17.7 Å². The number of carbonyl (C=O) groups excluding carboxylic acids is 1. The summed E-state index contributed by atoms with van der Waals surface area (Å²) < 4.78 is 0. The van der Waals surface area contributed by atoms with Crippen LogP contribution in [-0.2, 0) is 0 Å². The second-order valence-electron chi connectivity index (χ2n) is 4.98. The summed E-state index contributed by atoms with van der Waals surface area (Å²) in [4.78, 5) is 14.2. The number of halogens is 1. The van der Waals surface area contributed by atoms with Crippen molar-refractivity contribution in [2.24, 2.45) is 0 Å². The molecule has 5 heteroatoms. The van der Waals surface area contributed by atoms with Gasteiger partial charge in [0.05, 0.1) is 0 Å². The minimum absolute atomic E-state index is 0.266. The predicted molar refractivity (Wildman–Crippen MR) is 87.4 cm³/mol. The highest BCUT2D eigenvalue weighted by molar-refractivity contribution is 6.30. The first-order valence-corrected chi connectivity index (χ1v) is 7.27. The van der Waals surface area contributed by atoms with Crippen molar-refractivity contribution < 1.29 is 4.79 Å². The van der Waals surface area contributed by atoms with Gasteiger partial charge in [-0.2, -0.15) is 0 Å². The van der Waals surface area contributed by atoms with Gasteiger partial charge in [-0.3, -0.25) is 0 Å². The van der Waals surface area contributed by atoms with Crippen LogP contribution in [-0.4, -0.2) is 19.1 Å². The maximum atomic E-state index is 12.0. The zero-order valence-corrected chi connectivity index (χ0v) is 12.2. The van der Waals surface area contributed by atoms with Gasteiger partial charge in [-0.25, -0.2) is 4.79 Å². The number of hydrogen-bond donors (Lipinski definition) is 2. The van der Waals surface area contributed by atoms with E-state index < -0.39 is 0 Å². The van der Waals surface area contributed by atoms with Crippen LogP contribution in [0, 0.1) is 0 Å². The van der Waals surface area contributed by atoms with E-state index in [1.165, 1.54) is 6.42 Å². The molecule has 4 nitrogen and oxygen atoms in total. The highest BCUT2D eigenvalue weighted by Crippen LogP contribution is 2.23. The van der Waals surface area contributed by atoms with Gasteiger partial charge in [-0.15, -0.1) is 0 Å². The maximum absolute atomic E-state index is 12.0. The lowest BCUT2D eigenvalue weighted by molar-refractivity contribution is 0.262. The van der Waals surface area contributed by atoms with Gasteiger partial charge >= 0.3 is 6.03 Å². The number of carbonyl (C=O) groups is 1. The molecule has 0 bridgehead atoms. The Bertz CT molecular complexity index is 638. The number of nitrogens with zero attached hydrogens (tertiary/aromatic N) is 1. The van der Waals surface area contributed by atoms with Crippen LogP contribution in [0.4, 0.5) is 21.9 Å². The lowest BCUT2D eigenvalue weighted by Gasteiger charge is -2.33. The molecule has 2 N–H and O–H groups in total. The molecule has 1 heterocycles. The van der Waals surface area contributed by atoms with Gasteiger partial charge < -0.3 is 15.5 Å². The largest absolute Gasteiger partial charge is 0.371 e. The number of amides is 2. The Labute approximate surface area is 128 Å². The Balaban J connectivity index is 1.62. The van der Waals surface area contributed by atoms with Crippen LogP contribution in [0.25, 0.3) is 0 Å². The van der Waals surface area contributed by atoms with Crippen LogP contribution in [0.15, 0.2) is 48.5 Å². The Hall–Kier alpha value is -2.20. The van der Waals surface area contributed by atoms with E-state index in [0.717, 1.165) is 24.5 Å². The topological polar surface area (TPSA) is 44.4 Å². The lowest BCUT2D eigenvalue weighted by atomic mass is 10.1. The van der Waals surface area contributed by atoms with Crippen molar-refractivity contribution in [3.63, 3.8) is 0 Å². The molecule has 0 unspecified atom stereocenters. The van der Waals surface area contributed by atoms with Crippen molar-refractivity contribution in [3.8, 4) is 0 Å². The Morgan fingerprint density at radius 1 is 1.00 bits per heavy atom. The molecule has 2 aromatic carbocycles. The minimum Gasteiger partial charge on any atom is -0.371 e. The van der Waals surface area contributed by atoms with Gasteiger partial charge in [0.25, 0.3) is 0 Å². The number of anilines is 3. The van der Waals surface area contributed by atoms with Crippen molar-refractivity contribution in [2.45, 2.75) is 6.42 Å². The number of benzene rings is 2. The monoisotopic (exact) mass is 301 g/mol. The molecule has 1 fully saturated rings. The number of hydrogen-bond acceptors (Lipinski definition) is 2. The van der Waals surface area contributed by atoms with Gasteiger partial charge in [0, 0.05) is 35.2 Å². The maximum Gasteiger partial charge on any atom is 0.323 e. The molecule has 0 spiro atoms. The third kappa shape index (κ3) is 3.47. The zero-order chi connectivity index (χ0) is 14.7. The fourth-order valence-corrected chi connectivity index (χ4v) is 2.31. The van der Waals surface area contributed by atoms with Crippen molar-refractivity contribution in [2.75, 3.05) is 28.6 Å². The van der Waals surface area contributed by atoms with Crippen LogP contribution >= 0.6 is 11.6 Å². The summed E-state index contributed by atoms with van der Waals surface area (Å²) in [5, 5.41) is 6.25. The lowest BCUT2D eigenvalue weighted by Crippen LogP contribution is -2.36. The predicted octanol–water partition coefficient (Wildman–Crippen LogP) is 4.19. The normalized spacial score (nSPS) is 13.5. The van der Waals surface area contributed by atoms with E-state index in [1.54, 1.807) is 24.3 Å². The molecule has 1 aliphatic rings. The summed E-state index contributed by atoms with van der Waals surface area (Å²) >= 11 is 5.81. The minimum atomic E-state index is -0.266. The second-order valence-corrected chi connectivity index (χ2v) is 5.41. The molecular formula is C16H16ClN3O. The molecule has 0 atom stereocenters. The van der Waals surface area contributed by atoms with Crippen LogP contribution in [0.1, 0.15) is 6.42 Å². The Morgan fingerprint density at radius 2 is 1.71 bits per heavy atom. The molecule has 0 aromatic heterocycles. The quantitative estimate of drug-likeness (QED) is 0.892. The van der Waals surface area contributed by atoms with E-state index in [-0.39, 0.29) is 6.03 Å². The van der Waals surface area contributed by atoms with Crippen molar-refractivity contribution in [1.29, 1.82) is 0 Å². The Morgan fingerprint density at radius 3 is 2.38 bits per heavy atom. The molecule has 0 radical (unpaired) electrons. The fourth-order valence-electron chi connectivity index (χ4n) is 2.18. The summed E-state index contributed by atoms with van der Waals surface area (Å²) in [5.41, 5.74) is 2.63. The van der Waals surface area contributed by atoms with Crippen LogP contribution < -0.4 is 15.5 Å². The van der Waals surface area contributed by atoms with Gasteiger partial charge in [0.1, 0.15) is 0 Å².